The maximum atomic E-state index is 11.9. The molecule has 0 spiro atoms. The highest BCUT2D eigenvalue weighted by atomic mass is 16.2. The first-order valence-electron chi connectivity index (χ1n) is 7.62. The molecule has 0 unspecified atom stereocenters. The van der Waals surface area contributed by atoms with Crippen molar-refractivity contribution in [2.45, 2.75) is 13.3 Å². The van der Waals surface area contributed by atoms with Crippen LogP contribution in [0.4, 0.5) is 10.5 Å². The van der Waals surface area contributed by atoms with Crippen molar-refractivity contribution in [3.63, 3.8) is 0 Å². The number of para-hydroxylation sites is 1. The van der Waals surface area contributed by atoms with Crippen LogP contribution < -0.4 is 10.6 Å². The van der Waals surface area contributed by atoms with Crippen molar-refractivity contribution in [1.82, 2.24) is 15.1 Å². The van der Waals surface area contributed by atoms with Gasteiger partial charge in [0.2, 0.25) is 11.8 Å². The Hall–Kier alpha value is -2.90. The molecule has 8 nitrogen and oxygen atoms in total. The highest BCUT2D eigenvalue weighted by Crippen LogP contribution is 2.15. The third kappa shape index (κ3) is 4.09. The van der Waals surface area contributed by atoms with Gasteiger partial charge in [0.1, 0.15) is 13.1 Å². The Morgan fingerprint density at radius 2 is 1.88 bits per heavy atom. The maximum Gasteiger partial charge on any atom is 0.327 e. The van der Waals surface area contributed by atoms with Crippen LogP contribution in [0, 0.1) is 0 Å². The molecule has 0 atom stereocenters. The van der Waals surface area contributed by atoms with E-state index in [9.17, 15) is 19.2 Å². The number of rotatable bonds is 6. The molecule has 1 fully saturated rings. The summed E-state index contributed by atoms with van der Waals surface area (Å²) in [6.45, 7) is 1.32. The lowest BCUT2D eigenvalue weighted by molar-refractivity contribution is -0.131. The topological polar surface area (TPSA) is 98.8 Å². The van der Waals surface area contributed by atoms with Crippen LogP contribution in [0.3, 0.4) is 0 Å². The summed E-state index contributed by atoms with van der Waals surface area (Å²) in [5.74, 6) is -1.37. The highest BCUT2D eigenvalue weighted by Gasteiger charge is 2.34. The zero-order valence-corrected chi connectivity index (χ0v) is 13.7. The second kappa shape index (κ2) is 7.58. The van der Waals surface area contributed by atoms with E-state index in [1.807, 2.05) is 25.1 Å². The van der Waals surface area contributed by atoms with Gasteiger partial charge in [0.05, 0.1) is 6.54 Å². The molecule has 1 aromatic rings. The first kappa shape index (κ1) is 17.5. The fourth-order valence-corrected chi connectivity index (χ4v) is 2.35. The van der Waals surface area contributed by atoms with Gasteiger partial charge in [0.15, 0.2) is 0 Å². The van der Waals surface area contributed by atoms with Crippen LogP contribution in [-0.4, -0.2) is 60.2 Å². The van der Waals surface area contributed by atoms with Gasteiger partial charge in [-0.25, -0.2) is 4.79 Å². The number of benzene rings is 1. The Morgan fingerprint density at radius 3 is 2.50 bits per heavy atom. The number of hydrogen-bond acceptors (Lipinski definition) is 4. The quantitative estimate of drug-likeness (QED) is 0.727. The van der Waals surface area contributed by atoms with Crippen LogP contribution in [0.15, 0.2) is 24.3 Å². The van der Waals surface area contributed by atoms with Crippen molar-refractivity contribution in [2.24, 2.45) is 0 Å². The Kier molecular flexibility index (Phi) is 5.51. The fourth-order valence-electron chi connectivity index (χ4n) is 2.35. The summed E-state index contributed by atoms with van der Waals surface area (Å²) in [5, 5.41) is 5.13. The molecule has 2 N–H and O–H groups in total. The van der Waals surface area contributed by atoms with Crippen molar-refractivity contribution in [1.29, 1.82) is 0 Å². The van der Waals surface area contributed by atoms with Gasteiger partial charge in [-0.3, -0.25) is 19.3 Å². The van der Waals surface area contributed by atoms with Crippen LogP contribution in [-0.2, 0) is 20.8 Å². The lowest BCUT2D eigenvalue weighted by atomic mass is 10.1. The van der Waals surface area contributed by atoms with Crippen LogP contribution in [0.5, 0.6) is 0 Å². The molecule has 0 aliphatic carbocycles. The number of likely N-dealkylation sites (N-methyl/N-ethyl adjacent to an activating group) is 1. The molecule has 24 heavy (non-hydrogen) atoms. The monoisotopic (exact) mass is 332 g/mol. The number of imide groups is 1. The van der Waals surface area contributed by atoms with E-state index in [4.69, 9.17) is 0 Å². The molecule has 1 aliphatic heterocycles. The number of aryl methyl sites for hydroxylation is 1. The number of urea groups is 1. The Morgan fingerprint density at radius 1 is 1.17 bits per heavy atom. The van der Waals surface area contributed by atoms with Crippen LogP contribution in [0.25, 0.3) is 0 Å². The molecule has 1 saturated heterocycles. The van der Waals surface area contributed by atoms with Gasteiger partial charge < -0.3 is 15.5 Å². The van der Waals surface area contributed by atoms with Gasteiger partial charge in [-0.2, -0.15) is 0 Å². The number of anilines is 1. The van der Waals surface area contributed by atoms with Crippen molar-refractivity contribution in [3.05, 3.63) is 29.8 Å². The molecule has 0 bridgehead atoms. The van der Waals surface area contributed by atoms with E-state index in [1.54, 1.807) is 6.07 Å². The lowest BCUT2D eigenvalue weighted by Gasteiger charge is -2.14. The molecule has 1 aromatic carbocycles. The molecule has 1 aliphatic rings. The van der Waals surface area contributed by atoms with Gasteiger partial charge in [-0.1, -0.05) is 25.1 Å². The summed E-state index contributed by atoms with van der Waals surface area (Å²) in [4.78, 5) is 49.1. The number of nitrogens with zero attached hydrogens (tertiary/aromatic N) is 2. The first-order valence-corrected chi connectivity index (χ1v) is 7.62. The SMILES string of the molecule is CCc1ccccc1NC(=O)CNC(=O)CN1C(=O)CN(C)C1=O. The molecule has 128 valence electrons. The predicted molar refractivity (Wildman–Crippen MR) is 87.2 cm³/mol. The summed E-state index contributed by atoms with van der Waals surface area (Å²) >= 11 is 0. The maximum absolute atomic E-state index is 11.9. The van der Waals surface area contributed by atoms with Gasteiger partial charge >= 0.3 is 6.03 Å². The van der Waals surface area contributed by atoms with E-state index in [0.29, 0.717) is 5.69 Å². The second-order valence-corrected chi connectivity index (χ2v) is 5.45. The van der Waals surface area contributed by atoms with Crippen LogP contribution in [0.1, 0.15) is 12.5 Å². The van der Waals surface area contributed by atoms with Crippen molar-refractivity contribution < 1.29 is 19.2 Å². The average Bonchev–Trinajstić information content (AvgIpc) is 2.80. The van der Waals surface area contributed by atoms with Gasteiger partial charge in [0.25, 0.3) is 5.91 Å². The van der Waals surface area contributed by atoms with E-state index < -0.39 is 17.8 Å². The first-order chi connectivity index (χ1) is 11.4. The summed E-state index contributed by atoms with van der Waals surface area (Å²) in [6.07, 6.45) is 0.773. The Bertz CT molecular complexity index is 674. The molecular weight excluding hydrogens is 312 g/mol. The van der Waals surface area contributed by atoms with Crippen molar-refractivity contribution in [2.75, 3.05) is 32.0 Å². The average molecular weight is 332 g/mol. The summed E-state index contributed by atoms with van der Waals surface area (Å²) in [5.41, 5.74) is 1.69. The molecule has 1 heterocycles. The number of carbonyl (C=O) groups excluding carboxylic acids is 4. The third-order valence-electron chi connectivity index (χ3n) is 3.65. The van der Waals surface area contributed by atoms with E-state index in [2.05, 4.69) is 10.6 Å². The summed E-state index contributed by atoms with van der Waals surface area (Å²) in [7, 11) is 1.48. The summed E-state index contributed by atoms with van der Waals surface area (Å²) in [6, 6.07) is 6.88. The minimum Gasteiger partial charge on any atom is -0.345 e. The molecule has 0 saturated carbocycles. The minimum absolute atomic E-state index is 0.0413. The third-order valence-corrected chi connectivity index (χ3v) is 3.65. The van der Waals surface area contributed by atoms with E-state index in [0.717, 1.165) is 16.9 Å². The summed E-state index contributed by atoms with van der Waals surface area (Å²) < 4.78 is 0. The Labute approximate surface area is 139 Å². The second-order valence-electron chi connectivity index (χ2n) is 5.45. The van der Waals surface area contributed by atoms with E-state index in [1.165, 1.54) is 11.9 Å². The van der Waals surface area contributed by atoms with Crippen LogP contribution in [0.2, 0.25) is 0 Å². The normalized spacial score (nSPS) is 14.1. The smallest absolute Gasteiger partial charge is 0.327 e. The van der Waals surface area contributed by atoms with Crippen molar-refractivity contribution >= 4 is 29.4 Å². The largest absolute Gasteiger partial charge is 0.345 e. The molecule has 0 aromatic heterocycles. The molecular formula is C16H20N4O4. The van der Waals surface area contributed by atoms with Gasteiger partial charge in [-0.05, 0) is 18.1 Å². The van der Waals surface area contributed by atoms with Gasteiger partial charge in [-0.15, -0.1) is 0 Å². The zero-order valence-electron chi connectivity index (χ0n) is 13.7. The number of amides is 5. The van der Waals surface area contributed by atoms with Crippen LogP contribution >= 0.6 is 0 Å². The molecule has 2 rings (SSSR count). The van der Waals surface area contributed by atoms with E-state index >= 15 is 0 Å². The Balaban J connectivity index is 1.82. The highest BCUT2D eigenvalue weighted by molar-refractivity contribution is 6.04. The minimum atomic E-state index is -0.564. The predicted octanol–water partition coefficient (Wildman–Crippen LogP) is 0.198. The zero-order chi connectivity index (χ0) is 17.7. The standard InChI is InChI=1S/C16H20N4O4/c1-3-11-6-4-5-7-12(11)18-13(21)8-17-14(22)9-20-15(23)10-19(2)16(20)24/h4-7H,3,8-10H2,1-2H3,(H,17,22)(H,18,21). The number of carbonyl (C=O) groups is 4. The van der Waals surface area contributed by atoms with Gasteiger partial charge in [0, 0.05) is 12.7 Å². The number of hydrogen-bond donors (Lipinski definition) is 2. The fraction of sp³-hybridized carbons (Fsp3) is 0.375. The molecule has 5 amide bonds. The number of nitrogens with one attached hydrogen (secondary N) is 2. The molecule has 0 radical (unpaired) electrons. The van der Waals surface area contributed by atoms with Crippen molar-refractivity contribution in [3.8, 4) is 0 Å². The van der Waals surface area contributed by atoms with E-state index in [-0.39, 0.29) is 25.5 Å². The molecule has 8 heteroatoms. The lowest BCUT2D eigenvalue weighted by Crippen LogP contribution is -2.43.